The number of benzene rings is 1. The van der Waals surface area contributed by atoms with Crippen LogP contribution in [-0.2, 0) is 23.9 Å². The van der Waals surface area contributed by atoms with E-state index in [2.05, 4.69) is 0 Å². The lowest BCUT2D eigenvalue weighted by atomic mass is 9.73. The van der Waals surface area contributed by atoms with Crippen molar-refractivity contribution < 1.29 is 29.0 Å². The summed E-state index contributed by atoms with van der Waals surface area (Å²) in [7, 11) is 0. The molecule has 8 heteroatoms. The van der Waals surface area contributed by atoms with Gasteiger partial charge in [-0.1, -0.05) is 56.2 Å². The number of unbranched alkanes of at least 4 members (excludes halogenated alkanes) is 3. The molecule has 210 valence electrons. The summed E-state index contributed by atoms with van der Waals surface area (Å²) in [6.07, 6.45) is 11.8. The second kappa shape index (κ2) is 10.9. The Balaban J connectivity index is 1.60. The van der Waals surface area contributed by atoms with Gasteiger partial charge in [-0.25, -0.2) is 0 Å². The van der Waals surface area contributed by atoms with E-state index in [4.69, 9.17) is 14.6 Å². The summed E-state index contributed by atoms with van der Waals surface area (Å²) >= 11 is 0. The van der Waals surface area contributed by atoms with Crippen molar-refractivity contribution in [3.8, 4) is 0 Å². The van der Waals surface area contributed by atoms with Gasteiger partial charge in [0.2, 0.25) is 5.91 Å². The Kier molecular flexibility index (Phi) is 7.71. The maximum absolute atomic E-state index is 14.6. The molecule has 8 nitrogen and oxygen atoms in total. The van der Waals surface area contributed by atoms with Gasteiger partial charge in [-0.3, -0.25) is 14.4 Å². The van der Waals surface area contributed by atoms with Gasteiger partial charge in [-0.15, -0.1) is 0 Å². The summed E-state index contributed by atoms with van der Waals surface area (Å²) in [5.41, 5.74) is 0.526. The normalized spacial score (nSPS) is 31.9. The monoisotopic (exact) mass is 536 g/mol. The van der Waals surface area contributed by atoms with Crippen LogP contribution in [0.4, 0.5) is 5.69 Å². The second-order valence-corrected chi connectivity index (χ2v) is 11.3. The zero-order valence-electron chi connectivity index (χ0n) is 23.2. The zero-order valence-corrected chi connectivity index (χ0v) is 23.2. The first-order valence-corrected chi connectivity index (χ1v) is 14.3. The average molecular weight is 537 g/mol. The van der Waals surface area contributed by atoms with Gasteiger partial charge in [0, 0.05) is 25.4 Å². The van der Waals surface area contributed by atoms with E-state index in [-0.39, 0.29) is 25.0 Å². The van der Waals surface area contributed by atoms with Gasteiger partial charge in [0.05, 0.1) is 12.5 Å². The van der Waals surface area contributed by atoms with Crippen molar-refractivity contribution in [2.24, 2.45) is 11.8 Å². The van der Waals surface area contributed by atoms with Crippen LogP contribution < -0.4 is 4.90 Å². The SMILES string of the molecule is CC[C@@]12C=CCCOC(=O)[C@@H]1[C@H]1C(=O)N(CCCCCCO)C3C(=O)N(c4cc(C)ccc4C)CC=C[C@@]31O2. The van der Waals surface area contributed by atoms with Crippen LogP contribution in [0.15, 0.2) is 42.5 Å². The fourth-order valence-corrected chi connectivity index (χ4v) is 6.94. The Morgan fingerprint density at radius 2 is 1.79 bits per heavy atom. The molecular weight excluding hydrogens is 496 g/mol. The molecule has 4 aliphatic rings. The summed E-state index contributed by atoms with van der Waals surface area (Å²) < 4.78 is 12.6. The molecule has 4 aliphatic heterocycles. The quantitative estimate of drug-likeness (QED) is 0.310. The second-order valence-electron chi connectivity index (χ2n) is 11.3. The van der Waals surface area contributed by atoms with Gasteiger partial charge >= 0.3 is 5.97 Å². The van der Waals surface area contributed by atoms with Gasteiger partial charge in [-0.05, 0) is 56.7 Å². The highest BCUT2D eigenvalue weighted by atomic mass is 16.6. The Morgan fingerprint density at radius 1 is 1.00 bits per heavy atom. The van der Waals surface area contributed by atoms with E-state index in [1.165, 1.54) is 0 Å². The average Bonchev–Trinajstić information content (AvgIpc) is 3.25. The Labute approximate surface area is 230 Å². The first-order valence-electron chi connectivity index (χ1n) is 14.3. The first kappa shape index (κ1) is 27.6. The lowest BCUT2D eigenvalue weighted by Gasteiger charge is -2.39. The zero-order chi connectivity index (χ0) is 27.8. The summed E-state index contributed by atoms with van der Waals surface area (Å²) in [5, 5.41) is 9.16. The number of cyclic esters (lactones) is 1. The van der Waals surface area contributed by atoms with Crippen molar-refractivity contribution in [2.75, 3.05) is 31.2 Å². The minimum absolute atomic E-state index is 0.134. The van der Waals surface area contributed by atoms with Crippen LogP contribution in [0.3, 0.4) is 0 Å². The third-order valence-electron chi connectivity index (χ3n) is 8.86. The fraction of sp³-hybridized carbons (Fsp3) is 0.581. The van der Waals surface area contributed by atoms with Crippen molar-refractivity contribution in [3.63, 3.8) is 0 Å². The molecule has 1 unspecified atom stereocenters. The molecule has 0 radical (unpaired) electrons. The Bertz CT molecular complexity index is 1190. The molecular formula is C31H40N2O6. The number of nitrogens with zero attached hydrogens (tertiary/aromatic N) is 2. The van der Waals surface area contributed by atoms with Crippen LogP contribution in [0.2, 0.25) is 0 Å². The molecule has 1 spiro atoms. The highest BCUT2D eigenvalue weighted by Gasteiger charge is 2.75. The molecule has 2 fully saturated rings. The molecule has 1 N–H and O–H groups in total. The molecule has 4 heterocycles. The number of rotatable bonds is 8. The van der Waals surface area contributed by atoms with Crippen molar-refractivity contribution in [1.29, 1.82) is 0 Å². The summed E-state index contributed by atoms with van der Waals surface area (Å²) in [4.78, 5) is 45.8. The van der Waals surface area contributed by atoms with Crippen molar-refractivity contribution in [1.82, 2.24) is 4.90 Å². The van der Waals surface area contributed by atoms with E-state index in [9.17, 15) is 14.4 Å². The van der Waals surface area contributed by atoms with Gasteiger partial charge in [0.15, 0.2) is 0 Å². The lowest BCUT2D eigenvalue weighted by Crippen LogP contribution is -2.56. The number of amides is 2. The summed E-state index contributed by atoms with van der Waals surface area (Å²) in [5.74, 6) is -2.55. The number of hydrogen-bond donors (Lipinski definition) is 1. The number of likely N-dealkylation sites (tertiary alicyclic amines) is 1. The van der Waals surface area contributed by atoms with E-state index in [1.54, 1.807) is 9.80 Å². The Hall–Kier alpha value is -2.97. The highest BCUT2D eigenvalue weighted by Crippen LogP contribution is 2.58. The third-order valence-corrected chi connectivity index (χ3v) is 8.86. The Morgan fingerprint density at radius 3 is 2.56 bits per heavy atom. The molecule has 2 saturated heterocycles. The number of ether oxygens (including phenoxy) is 2. The van der Waals surface area contributed by atoms with E-state index in [1.807, 2.05) is 63.3 Å². The molecule has 0 aromatic heterocycles. The fourth-order valence-electron chi connectivity index (χ4n) is 6.94. The number of aliphatic hydroxyl groups is 1. The molecule has 5 atom stereocenters. The molecule has 39 heavy (non-hydrogen) atoms. The largest absolute Gasteiger partial charge is 0.465 e. The third kappa shape index (κ3) is 4.51. The van der Waals surface area contributed by atoms with Gasteiger partial charge in [0.1, 0.15) is 23.2 Å². The predicted molar refractivity (Wildman–Crippen MR) is 147 cm³/mol. The number of anilines is 1. The standard InChI is InChI=1S/C31H40N2O6/c1-4-30-14-7-10-19-38-29(37)25(30)24-27(35)33(16-8-5-6-9-18-34)26-28(36)32(17-11-15-31(24,26)39-30)23-20-21(2)12-13-22(23)3/h7,11-15,20,24-26,34H,4-6,8-10,16-19H2,1-3H3/t24-,25-,26?,30+,31-/m0/s1. The maximum Gasteiger partial charge on any atom is 0.313 e. The highest BCUT2D eigenvalue weighted by molar-refractivity contribution is 6.06. The summed E-state index contributed by atoms with van der Waals surface area (Å²) in [6, 6.07) is 5.13. The molecule has 0 saturated carbocycles. The van der Waals surface area contributed by atoms with E-state index in [0.717, 1.165) is 29.7 Å². The van der Waals surface area contributed by atoms with Crippen molar-refractivity contribution in [3.05, 3.63) is 53.6 Å². The topological polar surface area (TPSA) is 96.4 Å². The smallest absolute Gasteiger partial charge is 0.313 e. The van der Waals surface area contributed by atoms with Crippen LogP contribution in [0, 0.1) is 25.7 Å². The van der Waals surface area contributed by atoms with Crippen molar-refractivity contribution in [2.45, 2.75) is 76.5 Å². The van der Waals surface area contributed by atoms with Crippen LogP contribution in [-0.4, -0.2) is 71.3 Å². The van der Waals surface area contributed by atoms with E-state index in [0.29, 0.717) is 38.8 Å². The first-order chi connectivity index (χ1) is 18.8. The molecule has 2 amide bonds. The number of hydrogen-bond acceptors (Lipinski definition) is 6. The molecule has 5 rings (SSSR count). The van der Waals surface area contributed by atoms with Crippen LogP contribution in [0.5, 0.6) is 0 Å². The van der Waals surface area contributed by atoms with Gasteiger partial charge in [0.25, 0.3) is 5.91 Å². The van der Waals surface area contributed by atoms with E-state index < -0.39 is 35.0 Å². The number of carbonyl (C=O) groups is 3. The van der Waals surface area contributed by atoms with Gasteiger partial charge in [-0.2, -0.15) is 0 Å². The number of esters is 1. The van der Waals surface area contributed by atoms with E-state index >= 15 is 0 Å². The van der Waals surface area contributed by atoms with Crippen LogP contribution >= 0.6 is 0 Å². The predicted octanol–water partition coefficient (Wildman–Crippen LogP) is 3.62. The summed E-state index contributed by atoms with van der Waals surface area (Å²) in [6.45, 7) is 7.05. The number of aryl methyl sites for hydroxylation is 2. The number of fused-ring (bicyclic) bond motifs is 2. The number of aliphatic hydroxyl groups excluding tert-OH is 1. The van der Waals surface area contributed by atoms with Gasteiger partial charge < -0.3 is 24.4 Å². The molecule has 0 bridgehead atoms. The molecule has 0 aliphatic carbocycles. The minimum atomic E-state index is -1.28. The number of carbonyl (C=O) groups excluding carboxylic acids is 3. The lowest BCUT2D eigenvalue weighted by molar-refractivity contribution is -0.160. The molecule has 1 aromatic carbocycles. The maximum atomic E-state index is 14.6. The minimum Gasteiger partial charge on any atom is -0.465 e. The van der Waals surface area contributed by atoms with Crippen molar-refractivity contribution >= 4 is 23.5 Å². The van der Waals surface area contributed by atoms with Crippen LogP contribution in [0.1, 0.15) is 56.6 Å². The molecule has 1 aromatic rings. The van der Waals surface area contributed by atoms with Crippen LogP contribution in [0.25, 0.3) is 0 Å².